The molecule has 1 aliphatic heterocycles. The van der Waals surface area contributed by atoms with E-state index < -0.39 is 101 Å². The maximum Gasteiger partial charge on any atom is 0.268 e. The van der Waals surface area contributed by atoms with E-state index in [2.05, 4.69) is 19.2 Å². The van der Waals surface area contributed by atoms with Gasteiger partial charge in [-0.2, -0.15) is 0 Å². The molecule has 0 aromatic heterocycles. The normalized spacial score (nSPS) is 27.4. The first-order chi connectivity index (χ1) is 34.7. The zero-order valence-corrected chi connectivity index (χ0v) is 45.6. The molecular weight excluding hydrogens is 950 g/mol. The number of rotatable bonds is 46. The molecule has 0 aromatic carbocycles. The number of phosphoric acid groups is 1. The molecule has 2 rings (SSSR count). The van der Waals surface area contributed by atoms with Gasteiger partial charge in [0.25, 0.3) is 7.82 Å². The van der Waals surface area contributed by atoms with E-state index in [4.69, 9.17) is 18.5 Å². The third-order valence-corrected chi connectivity index (χ3v) is 15.7. The lowest BCUT2D eigenvalue weighted by molar-refractivity contribution is -0.341. The zero-order valence-electron chi connectivity index (χ0n) is 44.7. The molecule has 17 nitrogen and oxygen atoms in total. The quantitative estimate of drug-likeness (QED) is 0.0210. The Morgan fingerprint density at radius 2 is 0.889 bits per heavy atom. The van der Waals surface area contributed by atoms with Crippen LogP contribution in [0.4, 0.5) is 0 Å². The van der Waals surface area contributed by atoms with E-state index in [9.17, 15) is 60.2 Å². The first kappa shape index (κ1) is 67.3. The average molecular weight is 1060 g/mol. The lowest BCUT2D eigenvalue weighted by Gasteiger charge is -2.47. The summed E-state index contributed by atoms with van der Waals surface area (Å²) in [5.41, 5.74) is 0. The van der Waals surface area contributed by atoms with Crippen molar-refractivity contribution in [2.24, 2.45) is 0 Å². The van der Waals surface area contributed by atoms with Crippen molar-refractivity contribution in [2.45, 2.75) is 324 Å². The van der Waals surface area contributed by atoms with Gasteiger partial charge >= 0.3 is 0 Å². The lowest BCUT2D eigenvalue weighted by Crippen LogP contribution is -2.67. The highest BCUT2D eigenvalue weighted by Crippen LogP contribution is 2.44. The van der Waals surface area contributed by atoms with Crippen molar-refractivity contribution in [3.05, 3.63) is 0 Å². The molecule has 1 heterocycles. The Labute approximate surface area is 434 Å². The molecule has 0 aromatic rings. The molecule has 2 fully saturated rings. The highest BCUT2D eigenvalue weighted by Gasteiger charge is 2.54. The van der Waals surface area contributed by atoms with Gasteiger partial charge in [-0.3, -0.25) is 9.36 Å². The van der Waals surface area contributed by atoms with Crippen molar-refractivity contribution in [2.75, 3.05) is 13.2 Å². The number of nitrogens with one attached hydrogen (secondary N) is 1. The van der Waals surface area contributed by atoms with Crippen LogP contribution in [0.2, 0.25) is 0 Å². The Morgan fingerprint density at radius 1 is 0.528 bits per heavy atom. The van der Waals surface area contributed by atoms with Gasteiger partial charge in [0.2, 0.25) is 5.91 Å². The van der Waals surface area contributed by atoms with Gasteiger partial charge < -0.3 is 74.7 Å². The van der Waals surface area contributed by atoms with Crippen molar-refractivity contribution in [1.29, 1.82) is 0 Å². The number of hydrogen-bond acceptors (Lipinski definition) is 16. The molecule has 1 amide bonds. The number of aliphatic hydroxyl groups excluding tert-OH is 9. The van der Waals surface area contributed by atoms with Crippen LogP contribution in [0.25, 0.3) is 0 Å². The lowest BCUT2D eigenvalue weighted by atomic mass is 9.84. The van der Waals surface area contributed by atoms with Gasteiger partial charge in [0.05, 0.1) is 25.4 Å². The number of amides is 1. The van der Waals surface area contributed by atoms with Gasteiger partial charge in [0.15, 0.2) is 6.29 Å². The second-order valence-electron chi connectivity index (χ2n) is 21.2. The molecule has 1 saturated carbocycles. The van der Waals surface area contributed by atoms with Crippen LogP contribution in [-0.4, -0.2) is 145 Å². The van der Waals surface area contributed by atoms with Crippen LogP contribution in [0, 0.1) is 0 Å². The summed E-state index contributed by atoms with van der Waals surface area (Å²) in [7, 11) is -5.56. The molecule has 0 spiro atoms. The van der Waals surface area contributed by atoms with Crippen LogP contribution in [0.3, 0.4) is 0 Å². The fourth-order valence-electron chi connectivity index (χ4n) is 9.97. The van der Waals surface area contributed by atoms with E-state index in [-0.39, 0.29) is 18.7 Å². The number of phosphoric ester groups is 1. The summed E-state index contributed by atoms with van der Waals surface area (Å²) >= 11 is 0. The highest BCUT2D eigenvalue weighted by atomic mass is 31.2. The average Bonchev–Trinajstić information content (AvgIpc) is 3.36. The first-order valence-corrected chi connectivity index (χ1v) is 30.4. The van der Waals surface area contributed by atoms with E-state index in [1.54, 1.807) is 0 Å². The topological polar surface area (TPSA) is 288 Å². The van der Waals surface area contributed by atoms with Gasteiger partial charge in [-0.25, -0.2) is 0 Å². The summed E-state index contributed by atoms with van der Waals surface area (Å²) in [5, 5.41) is 97.2. The molecule has 0 radical (unpaired) electrons. The summed E-state index contributed by atoms with van der Waals surface area (Å²) < 4.78 is 34.6. The van der Waals surface area contributed by atoms with E-state index in [0.29, 0.717) is 12.8 Å². The molecule has 18 heteroatoms. The highest BCUT2D eigenvalue weighted by molar-refractivity contribution is 7.45. The minimum atomic E-state index is -5.56. The van der Waals surface area contributed by atoms with Crippen LogP contribution >= 0.6 is 7.82 Å². The minimum absolute atomic E-state index is 0.163. The molecule has 10 N–H and O–H groups in total. The van der Waals surface area contributed by atoms with Crippen molar-refractivity contribution in [3.8, 4) is 0 Å². The van der Waals surface area contributed by atoms with E-state index in [1.165, 1.54) is 154 Å². The fourth-order valence-corrected chi connectivity index (χ4v) is 10.9. The Morgan fingerprint density at radius 3 is 1.29 bits per heavy atom. The number of carbonyl (C=O) groups excluding carboxylic acids is 1. The van der Waals surface area contributed by atoms with E-state index >= 15 is 0 Å². The molecule has 1 saturated heterocycles. The second-order valence-corrected chi connectivity index (χ2v) is 22.5. The smallest absolute Gasteiger partial charge is 0.268 e. The van der Waals surface area contributed by atoms with E-state index in [1.807, 2.05) is 0 Å². The maximum atomic E-state index is 13.4. The molecule has 72 heavy (non-hydrogen) atoms. The number of aliphatic hydroxyl groups is 9. The third kappa shape index (κ3) is 28.5. The second kappa shape index (κ2) is 41.3. The number of ether oxygens (including phenoxy) is 2. The Hall–Kier alpha value is -0.860. The summed E-state index contributed by atoms with van der Waals surface area (Å²) in [6.07, 6.45) is 18.1. The van der Waals surface area contributed by atoms with Gasteiger partial charge in [-0.15, -0.1) is 0 Å². The van der Waals surface area contributed by atoms with Gasteiger partial charge in [-0.05, 0) is 12.8 Å². The Balaban J connectivity index is 1.86. The number of carbonyl (C=O) groups is 1. The van der Waals surface area contributed by atoms with Gasteiger partial charge in [-0.1, -0.05) is 226 Å². The van der Waals surface area contributed by atoms with Crippen LogP contribution in [0.15, 0.2) is 0 Å². The third-order valence-electron chi connectivity index (χ3n) is 14.8. The number of unbranched alkanes of at least 4 members (excludes halogenated alkanes) is 32. The molecule has 1 unspecified atom stereocenters. The summed E-state index contributed by atoms with van der Waals surface area (Å²) in [5.74, 6) is -0.386. The summed E-state index contributed by atoms with van der Waals surface area (Å²) in [4.78, 5) is 26.6. The molecule has 1 aliphatic carbocycles. The van der Waals surface area contributed by atoms with Gasteiger partial charge in [0, 0.05) is 6.42 Å². The minimum Gasteiger partial charge on any atom is -0.756 e. The Bertz CT molecular complexity index is 1350. The maximum absolute atomic E-state index is 13.4. The van der Waals surface area contributed by atoms with Crippen molar-refractivity contribution in [3.63, 3.8) is 0 Å². The first-order valence-electron chi connectivity index (χ1n) is 29.0. The summed E-state index contributed by atoms with van der Waals surface area (Å²) in [6.45, 7) is 2.88. The monoisotopic (exact) mass is 1050 g/mol. The number of hydrogen-bond donors (Lipinski definition) is 10. The van der Waals surface area contributed by atoms with Gasteiger partial charge in [0.1, 0.15) is 61.0 Å². The van der Waals surface area contributed by atoms with Crippen LogP contribution in [0.5, 0.6) is 0 Å². The molecular formula is C54H105NO16P-. The molecule has 0 bridgehead atoms. The molecule has 14 atom stereocenters. The molecule has 428 valence electrons. The fraction of sp³-hybridized carbons (Fsp3) is 0.981. The van der Waals surface area contributed by atoms with Crippen LogP contribution in [-0.2, 0) is 27.9 Å². The van der Waals surface area contributed by atoms with Crippen molar-refractivity contribution in [1.82, 2.24) is 5.32 Å². The Kier molecular flexibility index (Phi) is 38.5. The van der Waals surface area contributed by atoms with Crippen LogP contribution < -0.4 is 10.2 Å². The SMILES string of the molecule is CCCCCCCCCCCCCCCCCCCCCCCC(=O)N[C@@H](COP(=O)([O-])O[C@@H]1[C@H](O)[C@H](O)[C@@H](O)[C@H](O)[C@H]1O[C@@H]1O[C@H](CO)[C@@H](O)[C@H](O)[C@@H]1O)[C@H](O)CCCCCCCCCCCCCCC. The molecule has 2 aliphatic rings. The predicted molar refractivity (Wildman–Crippen MR) is 277 cm³/mol. The standard InChI is InChI=1S/C54H106NO16P/c1-3-5-7-9-11-13-15-17-18-19-20-21-22-23-24-26-28-30-32-34-36-38-44(58)55-41(42(57)37-35-33-31-29-27-25-16-14-12-10-8-6-4-2)40-68-72(66,67)71-53-50(64)48(62)47(61)49(63)52(53)70-54-51(65)46(60)45(59)43(39-56)69-54/h41-43,45-54,56-57,59-65H,3-40H2,1-2H3,(H,55,58)(H,66,67)/p-1/t41-,42+,43+,45+,46-,47+,48+,49-,50+,51-,52+,53+,54-/m0/s1. The van der Waals surface area contributed by atoms with Crippen LogP contribution in [0.1, 0.15) is 245 Å². The van der Waals surface area contributed by atoms with Crippen molar-refractivity contribution < 1.29 is 78.7 Å². The van der Waals surface area contributed by atoms with Crippen molar-refractivity contribution >= 4 is 13.7 Å². The summed E-state index contributed by atoms with van der Waals surface area (Å²) in [6, 6.07) is -1.17. The van der Waals surface area contributed by atoms with E-state index in [0.717, 1.165) is 51.4 Å². The predicted octanol–water partition coefficient (Wildman–Crippen LogP) is 7.43. The largest absolute Gasteiger partial charge is 0.756 e. The zero-order chi connectivity index (χ0) is 53.0.